The lowest BCUT2D eigenvalue weighted by Gasteiger charge is -2.34. The van der Waals surface area contributed by atoms with Crippen molar-refractivity contribution in [3.63, 3.8) is 0 Å². The lowest BCUT2D eigenvalue weighted by atomic mass is 10.2. The highest BCUT2D eigenvalue weighted by molar-refractivity contribution is 7.10. The molecule has 0 radical (unpaired) electrons. The molecule has 0 spiro atoms. The van der Waals surface area contributed by atoms with E-state index in [2.05, 4.69) is 22.9 Å². The first-order valence-corrected chi connectivity index (χ1v) is 8.61. The van der Waals surface area contributed by atoms with Crippen molar-refractivity contribution in [2.45, 2.75) is 25.5 Å². The Hall–Kier alpha value is -0.930. The lowest BCUT2D eigenvalue weighted by Crippen LogP contribution is -2.46. The SMILES string of the molecule is CN(CC1CC1)C[C@H]1CN(Cc2cc(C#N)cs2)CCO1. The van der Waals surface area contributed by atoms with Crippen molar-refractivity contribution in [2.24, 2.45) is 5.92 Å². The zero-order chi connectivity index (χ0) is 14.7. The Morgan fingerprint density at radius 2 is 2.33 bits per heavy atom. The van der Waals surface area contributed by atoms with Crippen LogP contribution in [0.2, 0.25) is 0 Å². The Morgan fingerprint density at radius 3 is 3.05 bits per heavy atom. The van der Waals surface area contributed by atoms with E-state index >= 15 is 0 Å². The summed E-state index contributed by atoms with van der Waals surface area (Å²) >= 11 is 1.68. The van der Waals surface area contributed by atoms with Crippen LogP contribution < -0.4 is 0 Å². The second kappa shape index (κ2) is 6.89. The van der Waals surface area contributed by atoms with E-state index in [1.807, 2.05) is 11.4 Å². The van der Waals surface area contributed by atoms with Crippen LogP contribution in [0.3, 0.4) is 0 Å². The van der Waals surface area contributed by atoms with E-state index in [0.29, 0.717) is 6.10 Å². The van der Waals surface area contributed by atoms with Gasteiger partial charge >= 0.3 is 0 Å². The third kappa shape index (κ3) is 4.52. The van der Waals surface area contributed by atoms with Gasteiger partial charge in [0.15, 0.2) is 0 Å². The van der Waals surface area contributed by atoms with Crippen LogP contribution in [0.1, 0.15) is 23.3 Å². The Balaban J connectivity index is 1.47. The zero-order valence-electron chi connectivity index (χ0n) is 12.6. The maximum absolute atomic E-state index is 8.89. The number of hydrogen-bond donors (Lipinski definition) is 0. The largest absolute Gasteiger partial charge is 0.374 e. The van der Waals surface area contributed by atoms with Gasteiger partial charge in [-0.25, -0.2) is 0 Å². The van der Waals surface area contributed by atoms with Crippen LogP contribution in [0.25, 0.3) is 0 Å². The monoisotopic (exact) mass is 305 g/mol. The number of ether oxygens (including phenoxy) is 1. The van der Waals surface area contributed by atoms with Gasteiger partial charge in [0.1, 0.15) is 6.07 Å². The van der Waals surface area contributed by atoms with E-state index in [1.165, 1.54) is 24.3 Å². The van der Waals surface area contributed by atoms with Gasteiger partial charge in [0, 0.05) is 43.0 Å². The molecule has 1 aliphatic heterocycles. The first kappa shape index (κ1) is 15.0. The van der Waals surface area contributed by atoms with Gasteiger partial charge in [-0.05, 0) is 31.9 Å². The summed E-state index contributed by atoms with van der Waals surface area (Å²) in [5, 5.41) is 10.8. The van der Waals surface area contributed by atoms with Crippen molar-refractivity contribution < 1.29 is 4.74 Å². The third-order valence-corrected chi connectivity index (χ3v) is 5.09. The summed E-state index contributed by atoms with van der Waals surface area (Å²) in [7, 11) is 2.21. The number of thiophene rings is 1. The van der Waals surface area contributed by atoms with Crippen LogP contribution in [0.5, 0.6) is 0 Å². The topological polar surface area (TPSA) is 39.5 Å². The van der Waals surface area contributed by atoms with Crippen LogP contribution in [-0.2, 0) is 11.3 Å². The molecule has 1 saturated carbocycles. The number of rotatable bonds is 6. The predicted molar refractivity (Wildman–Crippen MR) is 84.3 cm³/mol. The van der Waals surface area contributed by atoms with Crippen molar-refractivity contribution in [3.05, 3.63) is 21.9 Å². The fourth-order valence-corrected chi connectivity index (χ4v) is 3.79. The highest BCUT2D eigenvalue weighted by Crippen LogP contribution is 2.29. The van der Waals surface area contributed by atoms with Crippen LogP contribution in [0.4, 0.5) is 0 Å². The third-order valence-electron chi connectivity index (χ3n) is 4.17. The van der Waals surface area contributed by atoms with E-state index in [-0.39, 0.29) is 0 Å². The second-order valence-corrected chi connectivity index (χ2v) is 7.30. The lowest BCUT2D eigenvalue weighted by molar-refractivity contribution is -0.0431. The van der Waals surface area contributed by atoms with Gasteiger partial charge < -0.3 is 9.64 Å². The first-order valence-electron chi connectivity index (χ1n) is 7.73. The van der Waals surface area contributed by atoms with Gasteiger partial charge in [0.2, 0.25) is 0 Å². The summed E-state index contributed by atoms with van der Waals surface area (Å²) in [5.41, 5.74) is 0.781. The summed E-state index contributed by atoms with van der Waals surface area (Å²) in [6.07, 6.45) is 3.13. The minimum absolute atomic E-state index is 0.317. The summed E-state index contributed by atoms with van der Waals surface area (Å²) in [5.74, 6) is 0.935. The highest BCUT2D eigenvalue weighted by atomic mass is 32.1. The average Bonchev–Trinajstić information content (AvgIpc) is 3.15. The van der Waals surface area contributed by atoms with Gasteiger partial charge in [-0.3, -0.25) is 4.90 Å². The fraction of sp³-hybridized carbons (Fsp3) is 0.688. The summed E-state index contributed by atoms with van der Waals surface area (Å²) in [6, 6.07) is 4.21. The van der Waals surface area contributed by atoms with E-state index < -0.39 is 0 Å². The Labute approximate surface area is 130 Å². The maximum atomic E-state index is 8.89. The molecule has 4 nitrogen and oxygen atoms in total. The summed E-state index contributed by atoms with van der Waals surface area (Å²) < 4.78 is 5.91. The quantitative estimate of drug-likeness (QED) is 0.807. The van der Waals surface area contributed by atoms with Gasteiger partial charge in [-0.1, -0.05) is 0 Å². The van der Waals surface area contributed by atoms with Crippen molar-refractivity contribution >= 4 is 11.3 Å². The smallest absolute Gasteiger partial charge is 0.100 e. The van der Waals surface area contributed by atoms with Crippen molar-refractivity contribution in [3.8, 4) is 6.07 Å². The predicted octanol–water partition coefficient (Wildman–Crippen LogP) is 2.16. The second-order valence-electron chi connectivity index (χ2n) is 6.31. The number of nitrogens with zero attached hydrogens (tertiary/aromatic N) is 3. The molecule has 5 heteroatoms. The van der Waals surface area contributed by atoms with Crippen LogP contribution in [0, 0.1) is 17.2 Å². The summed E-state index contributed by atoms with van der Waals surface area (Å²) in [4.78, 5) is 6.15. The number of likely N-dealkylation sites (N-methyl/N-ethyl adjacent to an activating group) is 1. The molecule has 2 aliphatic rings. The van der Waals surface area contributed by atoms with Crippen molar-refractivity contribution in [1.29, 1.82) is 5.26 Å². The molecule has 0 amide bonds. The van der Waals surface area contributed by atoms with Gasteiger partial charge in [-0.2, -0.15) is 5.26 Å². The van der Waals surface area contributed by atoms with Crippen LogP contribution >= 0.6 is 11.3 Å². The molecular formula is C16H23N3OS. The molecular weight excluding hydrogens is 282 g/mol. The summed E-state index contributed by atoms with van der Waals surface area (Å²) in [6.45, 7) is 5.99. The number of hydrogen-bond acceptors (Lipinski definition) is 5. The molecule has 0 aromatic carbocycles. The number of morpholine rings is 1. The molecule has 1 aromatic rings. The molecule has 1 atom stereocenters. The van der Waals surface area contributed by atoms with E-state index in [0.717, 1.165) is 44.3 Å². The van der Waals surface area contributed by atoms with Crippen molar-refractivity contribution in [2.75, 3.05) is 39.8 Å². The Bertz CT molecular complexity index is 506. The number of nitriles is 1. The normalized spacial score (nSPS) is 23.4. The molecule has 0 bridgehead atoms. The molecule has 0 unspecified atom stereocenters. The van der Waals surface area contributed by atoms with Gasteiger partial charge in [-0.15, -0.1) is 11.3 Å². The molecule has 1 saturated heterocycles. The van der Waals surface area contributed by atoms with E-state index in [9.17, 15) is 0 Å². The molecule has 2 fully saturated rings. The van der Waals surface area contributed by atoms with E-state index in [4.69, 9.17) is 10.00 Å². The molecule has 1 aliphatic carbocycles. The van der Waals surface area contributed by atoms with Gasteiger partial charge in [0.05, 0.1) is 18.3 Å². The van der Waals surface area contributed by atoms with Crippen molar-refractivity contribution in [1.82, 2.24) is 9.80 Å². The van der Waals surface area contributed by atoms with Gasteiger partial charge in [0.25, 0.3) is 0 Å². The molecule has 0 N–H and O–H groups in total. The minimum atomic E-state index is 0.317. The molecule has 1 aromatic heterocycles. The molecule has 114 valence electrons. The first-order chi connectivity index (χ1) is 10.2. The molecule has 3 rings (SSSR count). The van der Waals surface area contributed by atoms with E-state index in [1.54, 1.807) is 11.3 Å². The Kier molecular flexibility index (Phi) is 4.91. The highest BCUT2D eigenvalue weighted by Gasteiger charge is 2.26. The maximum Gasteiger partial charge on any atom is 0.100 e. The molecule has 2 heterocycles. The average molecular weight is 305 g/mol. The fourth-order valence-electron chi connectivity index (χ4n) is 2.94. The standard InChI is InChI=1S/C16H23N3OS/c1-18(8-13-2-3-13)9-15-10-19(4-5-20-15)11-16-6-14(7-17)12-21-16/h6,12-13,15H,2-5,8-11H2,1H3/t15-/m0/s1. The minimum Gasteiger partial charge on any atom is -0.374 e. The van der Waals surface area contributed by atoms with Crippen LogP contribution in [0.15, 0.2) is 11.4 Å². The molecule has 21 heavy (non-hydrogen) atoms. The van der Waals surface area contributed by atoms with Crippen LogP contribution in [-0.4, -0.2) is 55.7 Å². The zero-order valence-corrected chi connectivity index (χ0v) is 13.4. The Morgan fingerprint density at radius 1 is 1.48 bits per heavy atom.